The number of H-pyrrole nitrogens is 1. The van der Waals surface area contributed by atoms with Crippen molar-refractivity contribution in [1.82, 2.24) is 14.5 Å². The predicted molar refractivity (Wildman–Crippen MR) is 94.6 cm³/mol. The fraction of sp³-hybridized carbons (Fsp3) is 0.105. The summed E-state index contributed by atoms with van der Waals surface area (Å²) in [7, 11) is 0. The molecule has 0 unspecified atom stereocenters. The fourth-order valence-electron chi connectivity index (χ4n) is 2.84. The molecule has 6 nitrogen and oxygen atoms in total. The topological polar surface area (TPSA) is 80.9 Å². The van der Waals surface area contributed by atoms with E-state index in [1.165, 1.54) is 16.8 Å². The molecule has 4 rings (SSSR count). The van der Waals surface area contributed by atoms with Crippen molar-refractivity contribution in [2.75, 3.05) is 0 Å². The highest BCUT2D eigenvalue weighted by Crippen LogP contribution is 2.25. The first kappa shape index (κ1) is 15.1. The van der Waals surface area contributed by atoms with Gasteiger partial charge in [0, 0.05) is 19.2 Å². The Hall–Kier alpha value is -3.41. The number of oxazole rings is 1. The van der Waals surface area contributed by atoms with E-state index in [4.69, 9.17) is 4.42 Å². The van der Waals surface area contributed by atoms with E-state index in [0.29, 0.717) is 12.4 Å². The van der Waals surface area contributed by atoms with Gasteiger partial charge in [-0.2, -0.15) is 0 Å². The average molecular weight is 333 g/mol. The predicted octanol–water partition coefficient (Wildman–Crippen LogP) is 2.70. The molecule has 0 saturated heterocycles. The zero-order chi connectivity index (χ0) is 17.4. The monoisotopic (exact) mass is 333 g/mol. The van der Waals surface area contributed by atoms with Gasteiger partial charge < -0.3 is 4.42 Å². The molecule has 0 amide bonds. The first-order valence-corrected chi connectivity index (χ1v) is 7.85. The smallest absolute Gasteiger partial charge is 0.328 e. The number of hydrogen-bond acceptors (Lipinski definition) is 4. The Labute approximate surface area is 142 Å². The summed E-state index contributed by atoms with van der Waals surface area (Å²) in [6.45, 7) is 2.21. The van der Waals surface area contributed by atoms with Gasteiger partial charge in [0.25, 0.3) is 5.56 Å². The van der Waals surface area contributed by atoms with Crippen LogP contribution in [0, 0.1) is 6.92 Å². The molecule has 25 heavy (non-hydrogen) atoms. The van der Waals surface area contributed by atoms with E-state index in [-0.39, 0.29) is 0 Å². The minimum atomic E-state index is -0.419. The van der Waals surface area contributed by atoms with Crippen LogP contribution in [0.3, 0.4) is 0 Å². The number of nitrogens with zero attached hydrogens (tertiary/aromatic N) is 2. The summed E-state index contributed by atoms with van der Waals surface area (Å²) in [6.07, 6.45) is 1.50. The van der Waals surface area contributed by atoms with Gasteiger partial charge >= 0.3 is 5.69 Å². The fourth-order valence-corrected chi connectivity index (χ4v) is 2.84. The Morgan fingerprint density at radius 2 is 1.92 bits per heavy atom. The third-order valence-corrected chi connectivity index (χ3v) is 4.00. The second-order valence-electron chi connectivity index (χ2n) is 5.85. The molecule has 2 heterocycles. The van der Waals surface area contributed by atoms with Gasteiger partial charge in [-0.15, -0.1) is 0 Å². The maximum atomic E-state index is 11.8. The van der Waals surface area contributed by atoms with E-state index in [9.17, 15) is 9.59 Å². The van der Waals surface area contributed by atoms with Crippen molar-refractivity contribution in [2.45, 2.75) is 13.5 Å². The van der Waals surface area contributed by atoms with E-state index in [1.807, 2.05) is 49.4 Å². The lowest BCUT2D eigenvalue weighted by Gasteiger charge is -2.07. The first-order chi connectivity index (χ1) is 12.1. The van der Waals surface area contributed by atoms with Crippen molar-refractivity contribution >= 4 is 11.1 Å². The van der Waals surface area contributed by atoms with E-state index in [0.717, 1.165) is 27.8 Å². The van der Waals surface area contributed by atoms with Gasteiger partial charge in [-0.25, -0.2) is 9.78 Å². The third kappa shape index (κ3) is 3.01. The number of hydrogen-bond donors (Lipinski definition) is 1. The highest BCUT2D eigenvalue weighted by Gasteiger charge is 2.06. The van der Waals surface area contributed by atoms with Crippen LogP contribution >= 0.6 is 0 Å². The van der Waals surface area contributed by atoms with Gasteiger partial charge in [-0.05, 0) is 34.9 Å². The summed E-state index contributed by atoms with van der Waals surface area (Å²) in [5.74, 6) is 0.637. The van der Waals surface area contributed by atoms with Crippen LogP contribution in [0.25, 0.3) is 22.2 Å². The molecule has 2 aromatic carbocycles. The summed E-state index contributed by atoms with van der Waals surface area (Å²) in [5, 5.41) is 0. The molecule has 0 radical (unpaired) electrons. The summed E-state index contributed by atoms with van der Waals surface area (Å²) < 4.78 is 6.97. The molecule has 0 saturated carbocycles. The molecule has 0 spiro atoms. The van der Waals surface area contributed by atoms with Crippen LogP contribution in [-0.2, 0) is 6.54 Å². The van der Waals surface area contributed by atoms with Crippen molar-refractivity contribution in [3.8, 4) is 11.1 Å². The quantitative estimate of drug-likeness (QED) is 0.625. The maximum absolute atomic E-state index is 11.8. The summed E-state index contributed by atoms with van der Waals surface area (Å²) >= 11 is 0. The molecular weight excluding hydrogens is 318 g/mol. The molecule has 0 fully saturated rings. The number of rotatable bonds is 3. The normalized spacial score (nSPS) is 11.1. The van der Waals surface area contributed by atoms with Crippen LogP contribution in [0.2, 0.25) is 0 Å². The Kier molecular flexibility index (Phi) is 3.57. The molecule has 0 aliphatic heterocycles. The van der Waals surface area contributed by atoms with Crippen molar-refractivity contribution in [3.05, 3.63) is 87.0 Å². The van der Waals surface area contributed by atoms with Crippen LogP contribution in [0.1, 0.15) is 11.5 Å². The SMILES string of the molecule is Cc1nc2cc(-c3cccc(Cn4ccc(=O)[nH]c4=O)c3)ccc2o1. The standard InChI is InChI=1S/C19H15N3O3/c1-12-20-16-10-15(5-6-17(16)25-12)14-4-2-3-13(9-14)11-22-8-7-18(23)21-19(22)24/h2-10H,11H2,1H3,(H,21,23,24). The van der Waals surface area contributed by atoms with E-state index in [2.05, 4.69) is 9.97 Å². The molecule has 0 aliphatic carbocycles. The van der Waals surface area contributed by atoms with E-state index in [1.54, 1.807) is 0 Å². The minimum Gasteiger partial charge on any atom is -0.441 e. The lowest BCUT2D eigenvalue weighted by molar-refractivity contribution is 0.561. The zero-order valence-corrected chi connectivity index (χ0v) is 13.5. The van der Waals surface area contributed by atoms with Gasteiger partial charge in [-0.3, -0.25) is 14.3 Å². The molecule has 124 valence electrons. The van der Waals surface area contributed by atoms with Gasteiger partial charge in [0.2, 0.25) is 0 Å². The number of aromatic nitrogens is 3. The Morgan fingerprint density at radius 3 is 2.76 bits per heavy atom. The van der Waals surface area contributed by atoms with Crippen molar-refractivity contribution in [3.63, 3.8) is 0 Å². The lowest BCUT2D eigenvalue weighted by Crippen LogP contribution is -2.28. The maximum Gasteiger partial charge on any atom is 0.328 e. The van der Waals surface area contributed by atoms with Crippen LogP contribution in [0.4, 0.5) is 0 Å². The number of nitrogens with one attached hydrogen (secondary N) is 1. The summed E-state index contributed by atoms with van der Waals surface area (Å²) in [4.78, 5) is 29.6. The Morgan fingerprint density at radius 1 is 1.08 bits per heavy atom. The molecule has 0 aliphatic rings. The largest absolute Gasteiger partial charge is 0.441 e. The molecular formula is C19H15N3O3. The summed E-state index contributed by atoms with van der Waals surface area (Å²) in [6, 6.07) is 15.1. The third-order valence-electron chi connectivity index (χ3n) is 4.00. The molecule has 0 bridgehead atoms. The molecule has 2 aromatic heterocycles. The average Bonchev–Trinajstić information content (AvgIpc) is 2.97. The number of benzene rings is 2. The summed E-state index contributed by atoms with van der Waals surface area (Å²) in [5.41, 5.74) is 3.77. The number of aromatic amines is 1. The van der Waals surface area contributed by atoms with Crippen LogP contribution in [-0.4, -0.2) is 14.5 Å². The number of fused-ring (bicyclic) bond motifs is 1. The van der Waals surface area contributed by atoms with Crippen molar-refractivity contribution < 1.29 is 4.42 Å². The van der Waals surface area contributed by atoms with Gasteiger partial charge in [-0.1, -0.05) is 24.3 Å². The number of aryl methyl sites for hydroxylation is 1. The second kappa shape index (κ2) is 5.90. The van der Waals surface area contributed by atoms with E-state index >= 15 is 0 Å². The van der Waals surface area contributed by atoms with Gasteiger partial charge in [0.05, 0.1) is 6.54 Å². The molecule has 0 atom stereocenters. The van der Waals surface area contributed by atoms with E-state index < -0.39 is 11.2 Å². The van der Waals surface area contributed by atoms with Gasteiger partial charge in [0.1, 0.15) is 5.52 Å². The molecule has 1 N–H and O–H groups in total. The van der Waals surface area contributed by atoms with Crippen LogP contribution in [0.5, 0.6) is 0 Å². The lowest BCUT2D eigenvalue weighted by atomic mass is 10.0. The Bertz CT molecular complexity index is 1180. The Balaban J connectivity index is 1.70. The second-order valence-corrected chi connectivity index (χ2v) is 5.85. The van der Waals surface area contributed by atoms with Gasteiger partial charge in [0.15, 0.2) is 11.5 Å². The van der Waals surface area contributed by atoms with Crippen molar-refractivity contribution in [1.29, 1.82) is 0 Å². The van der Waals surface area contributed by atoms with Crippen LogP contribution < -0.4 is 11.2 Å². The molecule has 6 heteroatoms. The highest BCUT2D eigenvalue weighted by atomic mass is 16.3. The first-order valence-electron chi connectivity index (χ1n) is 7.85. The minimum absolute atomic E-state index is 0.384. The highest BCUT2D eigenvalue weighted by molar-refractivity contribution is 5.80. The zero-order valence-electron chi connectivity index (χ0n) is 13.5. The van der Waals surface area contributed by atoms with Crippen LogP contribution in [0.15, 0.2) is 68.7 Å². The molecule has 4 aromatic rings. The van der Waals surface area contributed by atoms with Crippen molar-refractivity contribution in [2.24, 2.45) is 0 Å².